The number of carboxylic acid groups (broad SMARTS) is 1. The predicted octanol–water partition coefficient (Wildman–Crippen LogP) is 3.39. The molecular weight excluding hydrogens is 276 g/mol. The van der Waals surface area contributed by atoms with Crippen molar-refractivity contribution in [2.24, 2.45) is 11.3 Å². The van der Waals surface area contributed by atoms with Crippen LogP contribution in [0.4, 0.5) is 0 Å². The second-order valence-electron chi connectivity index (χ2n) is 5.69. The monoisotopic (exact) mass is 300 g/mol. The van der Waals surface area contributed by atoms with Crippen molar-refractivity contribution in [1.82, 2.24) is 10.1 Å². The zero-order chi connectivity index (χ0) is 15.3. The van der Waals surface area contributed by atoms with Crippen molar-refractivity contribution in [3.63, 3.8) is 0 Å². The molecule has 1 N–H and O–H groups in total. The van der Waals surface area contributed by atoms with E-state index >= 15 is 0 Å². The zero-order valence-electron chi connectivity index (χ0n) is 12.8. The van der Waals surface area contributed by atoms with Gasteiger partial charge in [-0.3, -0.25) is 4.79 Å². The van der Waals surface area contributed by atoms with E-state index in [1.54, 1.807) is 18.7 Å². The van der Waals surface area contributed by atoms with Gasteiger partial charge in [0.05, 0.1) is 11.2 Å². The molecule has 0 amide bonds. The minimum atomic E-state index is -0.881. The highest BCUT2D eigenvalue weighted by molar-refractivity contribution is 7.99. The quantitative estimate of drug-likeness (QED) is 0.793. The molecule has 0 aliphatic heterocycles. The van der Waals surface area contributed by atoms with E-state index in [0.717, 1.165) is 6.42 Å². The Balaban J connectivity index is 2.70. The molecule has 0 saturated heterocycles. The molecule has 0 aromatic carbocycles. The van der Waals surface area contributed by atoms with Gasteiger partial charge >= 0.3 is 5.97 Å². The minimum Gasteiger partial charge on any atom is -0.481 e. The van der Waals surface area contributed by atoms with Crippen molar-refractivity contribution < 1.29 is 14.4 Å². The fourth-order valence-electron chi connectivity index (χ4n) is 1.60. The fourth-order valence-corrected chi connectivity index (χ4v) is 2.38. The van der Waals surface area contributed by atoms with Crippen molar-refractivity contribution in [2.45, 2.75) is 58.5 Å². The molecule has 1 aromatic rings. The molecule has 6 heteroatoms. The Hall–Kier alpha value is -1.04. The SMILES string of the molecule is CCC(C)SCc1noc(CC(C)(C(=O)O)C(C)C)n1. The summed E-state index contributed by atoms with van der Waals surface area (Å²) in [4.78, 5) is 15.7. The van der Waals surface area contributed by atoms with Crippen LogP contribution in [0.3, 0.4) is 0 Å². The Labute approximate surface area is 124 Å². The van der Waals surface area contributed by atoms with Gasteiger partial charge in [-0.2, -0.15) is 16.7 Å². The van der Waals surface area contributed by atoms with Crippen molar-refractivity contribution in [2.75, 3.05) is 0 Å². The third kappa shape index (κ3) is 4.23. The van der Waals surface area contributed by atoms with Crippen LogP contribution in [0, 0.1) is 11.3 Å². The van der Waals surface area contributed by atoms with Crippen molar-refractivity contribution in [3.05, 3.63) is 11.7 Å². The lowest BCUT2D eigenvalue weighted by molar-refractivity contribution is -0.150. The molecule has 1 heterocycles. The molecule has 20 heavy (non-hydrogen) atoms. The lowest BCUT2D eigenvalue weighted by atomic mass is 9.76. The zero-order valence-corrected chi connectivity index (χ0v) is 13.7. The van der Waals surface area contributed by atoms with Crippen LogP contribution in [0.25, 0.3) is 0 Å². The van der Waals surface area contributed by atoms with Crippen LogP contribution in [-0.4, -0.2) is 26.5 Å². The summed E-state index contributed by atoms with van der Waals surface area (Å²) in [6.45, 7) is 9.80. The summed E-state index contributed by atoms with van der Waals surface area (Å²) in [5.41, 5.74) is -0.881. The minimum absolute atomic E-state index is 0.00941. The number of nitrogens with zero attached hydrogens (tertiary/aromatic N) is 2. The molecule has 0 aliphatic rings. The summed E-state index contributed by atoms with van der Waals surface area (Å²) in [5, 5.41) is 13.9. The number of hydrogen-bond donors (Lipinski definition) is 1. The molecule has 0 radical (unpaired) electrons. The molecule has 0 saturated carbocycles. The average Bonchev–Trinajstić information content (AvgIpc) is 2.82. The van der Waals surface area contributed by atoms with Gasteiger partial charge in [0.1, 0.15) is 0 Å². The lowest BCUT2D eigenvalue weighted by Gasteiger charge is -2.27. The van der Waals surface area contributed by atoms with Gasteiger partial charge < -0.3 is 9.63 Å². The van der Waals surface area contributed by atoms with Gasteiger partial charge in [-0.15, -0.1) is 0 Å². The van der Waals surface area contributed by atoms with Crippen molar-refractivity contribution in [1.29, 1.82) is 0 Å². The van der Waals surface area contributed by atoms with Crippen LogP contribution < -0.4 is 0 Å². The second-order valence-corrected chi connectivity index (χ2v) is 7.12. The Bertz CT molecular complexity index is 447. The van der Waals surface area contributed by atoms with E-state index in [0.29, 0.717) is 22.7 Å². The Morgan fingerprint density at radius 1 is 1.45 bits per heavy atom. The smallest absolute Gasteiger partial charge is 0.310 e. The summed E-state index contributed by atoms with van der Waals surface area (Å²) in [7, 11) is 0. The number of carboxylic acids is 1. The van der Waals surface area contributed by atoms with E-state index < -0.39 is 11.4 Å². The highest BCUT2D eigenvalue weighted by atomic mass is 32.2. The van der Waals surface area contributed by atoms with Crippen LogP contribution in [0.5, 0.6) is 0 Å². The number of thioether (sulfide) groups is 1. The van der Waals surface area contributed by atoms with E-state index in [1.165, 1.54) is 0 Å². The van der Waals surface area contributed by atoms with Crippen LogP contribution >= 0.6 is 11.8 Å². The maximum atomic E-state index is 11.4. The maximum absolute atomic E-state index is 11.4. The highest BCUT2D eigenvalue weighted by Crippen LogP contribution is 2.31. The van der Waals surface area contributed by atoms with E-state index in [-0.39, 0.29) is 12.3 Å². The third-order valence-corrected chi connectivity index (χ3v) is 5.19. The number of carbonyl (C=O) groups is 1. The van der Waals surface area contributed by atoms with E-state index in [9.17, 15) is 9.90 Å². The van der Waals surface area contributed by atoms with Crippen LogP contribution in [0.1, 0.15) is 52.8 Å². The molecule has 5 nitrogen and oxygen atoms in total. The summed E-state index contributed by atoms with van der Waals surface area (Å²) in [6.07, 6.45) is 1.36. The van der Waals surface area contributed by atoms with Gasteiger partial charge in [-0.25, -0.2) is 0 Å². The van der Waals surface area contributed by atoms with Gasteiger partial charge in [0.15, 0.2) is 5.82 Å². The van der Waals surface area contributed by atoms with Gasteiger partial charge in [0, 0.05) is 11.7 Å². The van der Waals surface area contributed by atoms with E-state index in [2.05, 4.69) is 24.0 Å². The van der Waals surface area contributed by atoms with Crippen LogP contribution in [0.15, 0.2) is 4.52 Å². The number of rotatable bonds is 8. The summed E-state index contributed by atoms with van der Waals surface area (Å²) in [6, 6.07) is 0. The lowest BCUT2D eigenvalue weighted by Crippen LogP contribution is -2.35. The van der Waals surface area contributed by atoms with Gasteiger partial charge in [-0.05, 0) is 19.3 Å². The van der Waals surface area contributed by atoms with Gasteiger partial charge in [-0.1, -0.05) is 32.9 Å². The summed E-state index contributed by atoms with van der Waals surface area (Å²) >= 11 is 1.77. The molecule has 2 unspecified atom stereocenters. The Morgan fingerprint density at radius 3 is 2.60 bits per heavy atom. The fraction of sp³-hybridized carbons (Fsp3) is 0.786. The van der Waals surface area contributed by atoms with Gasteiger partial charge in [0.25, 0.3) is 0 Å². The molecule has 0 spiro atoms. The highest BCUT2D eigenvalue weighted by Gasteiger charge is 2.38. The molecule has 1 rings (SSSR count). The number of aromatic nitrogens is 2. The summed E-state index contributed by atoms with van der Waals surface area (Å²) in [5.74, 6) is 0.903. The number of hydrogen-bond acceptors (Lipinski definition) is 5. The molecule has 0 aliphatic carbocycles. The maximum Gasteiger partial charge on any atom is 0.310 e. The third-order valence-electron chi connectivity index (χ3n) is 3.86. The predicted molar refractivity (Wildman–Crippen MR) is 79.6 cm³/mol. The largest absolute Gasteiger partial charge is 0.481 e. The van der Waals surface area contributed by atoms with Crippen LogP contribution in [0.2, 0.25) is 0 Å². The first kappa shape index (κ1) is 17.0. The van der Waals surface area contributed by atoms with Gasteiger partial charge in [0.2, 0.25) is 5.89 Å². The first-order valence-corrected chi connectivity index (χ1v) is 8.01. The first-order valence-electron chi connectivity index (χ1n) is 6.96. The standard InChI is InChI=1S/C14H24N2O3S/c1-6-10(4)20-8-11-15-12(19-16-11)7-14(5,9(2)3)13(17)18/h9-10H,6-8H2,1-5H3,(H,17,18). The molecular formula is C14H24N2O3S. The van der Waals surface area contributed by atoms with Crippen molar-refractivity contribution >= 4 is 17.7 Å². The Kier molecular flexibility index (Phi) is 6.05. The van der Waals surface area contributed by atoms with Crippen LogP contribution in [-0.2, 0) is 17.0 Å². The van der Waals surface area contributed by atoms with E-state index in [4.69, 9.17) is 4.52 Å². The molecule has 0 bridgehead atoms. The van der Waals surface area contributed by atoms with Crippen molar-refractivity contribution in [3.8, 4) is 0 Å². The second kappa shape index (κ2) is 7.11. The van der Waals surface area contributed by atoms with E-state index in [1.807, 2.05) is 13.8 Å². The normalized spacial score (nSPS) is 16.1. The first-order chi connectivity index (χ1) is 9.29. The Morgan fingerprint density at radius 2 is 2.10 bits per heavy atom. The topological polar surface area (TPSA) is 76.2 Å². The average molecular weight is 300 g/mol. The molecule has 2 atom stereocenters. The summed E-state index contributed by atoms with van der Waals surface area (Å²) < 4.78 is 5.19. The molecule has 1 aromatic heterocycles. The number of aliphatic carboxylic acids is 1. The molecule has 0 fully saturated rings. The molecule has 114 valence electrons.